The molecule has 1 atom stereocenters. The van der Waals surface area contributed by atoms with Crippen LogP contribution in [0.3, 0.4) is 0 Å². The van der Waals surface area contributed by atoms with E-state index in [1.165, 1.54) is 4.90 Å². The summed E-state index contributed by atoms with van der Waals surface area (Å²) in [6, 6.07) is -0.445. The lowest BCUT2D eigenvalue weighted by Crippen LogP contribution is -2.44. The summed E-state index contributed by atoms with van der Waals surface area (Å²) in [5.41, 5.74) is 5.63. The van der Waals surface area contributed by atoms with Crippen molar-refractivity contribution in [3.05, 3.63) is 0 Å². The highest BCUT2D eigenvalue weighted by Crippen LogP contribution is 2.10. The van der Waals surface area contributed by atoms with Crippen molar-refractivity contribution in [1.29, 1.82) is 0 Å². The summed E-state index contributed by atoms with van der Waals surface area (Å²) in [6.07, 6.45) is 2.57. The third-order valence-electron chi connectivity index (χ3n) is 2.27. The molecule has 1 saturated heterocycles. The second kappa shape index (κ2) is 4.23. The predicted molar refractivity (Wildman–Crippen MR) is 48.4 cm³/mol. The van der Waals surface area contributed by atoms with Gasteiger partial charge < -0.3 is 10.9 Å². The molecule has 5 nitrogen and oxygen atoms in total. The average Bonchev–Trinajstić information content (AvgIpc) is 2.29. The number of amides is 1. The highest BCUT2D eigenvalue weighted by molar-refractivity contribution is 5.99. The zero-order chi connectivity index (χ0) is 9.84. The Kier molecular flexibility index (Phi) is 3.25. The Morgan fingerprint density at radius 1 is 1.69 bits per heavy atom. The van der Waals surface area contributed by atoms with Gasteiger partial charge in [0.1, 0.15) is 5.84 Å². The first-order valence-electron chi connectivity index (χ1n) is 4.42. The second-order valence-electron chi connectivity index (χ2n) is 3.24. The number of nitrogens with zero attached hydrogens (tertiary/aromatic N) is 2. The van der Waals surface area contributed by atoms with E-state index in [1.807, 2.05) is 0 Å². The molecule has 1 amide bonds. The monoisotopic (exact) mass is 185 g/mol. The predicted octanol–water partition coefficient (Wildman–Crippen LogP) is 0.134. The highest BCUT2D eigenvalue weighted by atomic mass is 16.4. The lowest BCUT2D eigenvalue weighted by Gasteiger charge is -2.20. The van der Waals surface area contributed by atoms with Gasteiger partial charge in [-0.25, -0.2) is 0 Å². The first-order valence-corrected chi connectivity index (χ1v) is 4.42. The summed E-state index contributed by atoms with van der Waals surface area (Å²) in [6.45, 7) is 2.19. The Morgan fingerprint density at radius 3 is 3.00 bits per heavy atom. The zero-order valence-electron chi connectivity index (χ0n) is 7.73. The second-order valence-corrected chi connectivity index (χ2v) is 3.24. The van der Waals surface area contributed by atoms with Crippen molar-refractivity contribution in [2.75, 3.05) is 6.54 Å². The molecule has 5 heteroatoms. The van der Waals surface area contributed by atoms with Gasteiger partial charge in [0.15, 0.2) is 0 Å². The molecule has 0 aromatic carbocycles. The van der Waals surface area contributed by atoms with Gasteiger partial charge in [-0.1, -0.05) is 5.16 Å². The number of amidine groups is 1. The lowest BCUT2D eigenvalue weighted by atomic mass is 10.1. The van der Waals surface area contributed by atoms with Crippen LogP contribution in [0.15, 0.2) is 5.16 Å². The molecular weight excluding hydrogens is 170 g/mol. The van der Waals surface area contributed by atoms with E-state index in [9.17, 15) is 4.79 Å². The van der Waals surface area contributed by atoms with Crippen LogP contribution in [0.5, 0.6) is 0 Å². The number of oxime groups is 1. The Balaban J connectivity index is 2.76. The molecule has 1 aliphatic heterocycles. The normalized spacial score (nSPS) is 26.0. The van der Waals surface area contributed by atoms with Crippen molar-refractivity contribution in [3.63, 3.8) is 0 Å². The Morgan fingerprint density at radius 2 is 2.38 bits per heavy atom. The number of rotatable bonds is 0. The first-order chi connectivity index (χ1) is 6.16. The number of likely N-dealkylation sites (tertiary alicyclic amines) is 1. The fourth-order valence-electron chi connectivity index (χ4n) is 1.44. The molecule has 1 heterocycles. The molecule has 0 aromatic heterocycles. The van der Waals surface area contributed by atoms with E-state index in [0.29, 0.717) is 18.8 Å². The van der Waals surface area contributed by atoms with Gasteiger partial charge in [0.2, 0.25) is 5.91 Å². The first kappa shape index (κ1) is 9.98. The molecule has 0 bridgehead atoms. The lowest BCUT2D eigenvalue weighted by molar-refractivity contribution is -0.128. The van der Waals surface area contributed by atoms with E-state index in [0.717, 1.165) is 12.8 Å². The standard InChI is InChI=1S/C8H15N3O2/c1-6(10-13)11-5-3-2-4-7(9)8(11)12/h7,13H,2-5,9H2,1H3/b10-6+/t7-/m0/s1. The third kappa shape index (κ3) is 2.18. The Hall–Kier alpha value is -1.10. The number of hydrogen-bond donors (Lipinski definition) is 2. The number of carbonyl (C=O) groups is 1. The maximum atomic E-state index is 11.6. The summed E-state index contributed by atoms with van der Waals surface area (Å²) < 4.78 is 0. The van der Waals surface area contributed by atoms with E-state index in [-0.39, 0.29) is 5.91 Å². The van der Waals surface area contributed by atoms with Gasteiger partial charge in [-0.3, -0.25) is 9.69 Å². The van der Waals surface area contributed by atoms with Gasteiger partial charge in [0.25, 0.3) is 0 Å². The van der Waals surface area contributed by atoms with Crippen molar-refractivity contribution in [2.45, 2.75) is 32.2 Å². The minimum Gasteiger partial charge on any atom is -0.409 e. The van der Waals surface area contributed by atoms with Crippen molar-refractivity contribution in [1.82, 2.24) is 4.90 Å². The van der Waals surface area contributed by atoms with Crippen LogP contribution in [0, 0.1) is 0 Å². The fourth-order valence-corrected chi connectivity index (χ4v) is 1.44. The van der Waals surface area contributed by atoms with Crippen LogP contribution in [-0.4, -0.2) is 34.4 Å². The average molecular weight is 185 g/mol. The van der Waals surface area contributed by atoms with Crippen LogP contribution >= 0.6 is 0 Å². The van der Waals surface area contributed by atoms with Crippen molar-refractivity contribution >= 4 is 11.7 Å². The highest BCUT2D eigenvalue weighted by Gasteiger charge is 2.25. The quantitative estimate of drug-likeness (QED) is 0.244. The van der Waals surface area contributed by atoms with E-state index in [1.54, 1.807) is 6.92 Å². The summed E-state index contributed by atoms with van der Waals surface area (Å²) in [4.78, 5) is 13.0. The van der Waals surface area contributed by atoms with Crippen LogP contribution in [0.25, 0.3) is 0 Å². The molecule has 1 fully saturated rings. The van der Waals surface area contributed by atoms with Gasteiger partial charge in [-0.05, 0) is 26.2 Å². The fraction of sp³-hybridized carbons (Fsp3) is 0.750. The molecule has 74 valence electrons. The molecule has 0 spiro atoms. The maximum Gasteiger partial charge on any atom is 0.244 e. The van der Waals surface area contributed by atoms with Crippen LogP contribution in [0.1, 0.15) is 26.2 Å². The van der Waals surface area contributed by atoms with E-state index < -0.39 is 6.04 Å². The van der Waals surface area contributed by atoms with E-state index in [4.69, 9.17) is 10.9 Å². The zero-order valence-corrected chi connectivity index (χ0v) is 7.73. The minimum atomic E-state index is -0.445. The number of hydrogen-bond acceptors (Lipinski definition) is 4. The molecule has 0 saturated carbocycles. The molecular formula is C8H15N3O2. The summed E-state index contributed by atoms with van der Waals surface area (Å²) in [5.74, 6) is 0.176. The van der Waals surface area contributed by atoms with Gasteiger partial charge in [0.05, 0.1) is 6.04 Å². The maximum absolute atomic E-state index is 11.6. The van der Waals surface area contributed by atoms with Crippen molar-refractivity contribution in [2.24, 2.45) is 10.9 Å². The third-order valence-corrected chi connectivity index (χ3v) is 2.27. The Labute approximate surface area is 77.2 Å². The van der Waals surface area contributed by atoms with Crippen molar-refractivity contribution < 1.29 is 10.0 Å². The number of nitrogens with two attached hydrogens (primary N) is 1. The molecule has 0 radical (unpaired) electrons. The van der Waals surface area contributed by atoms with Crippen LogP contribution in [0.4, 0.5) is 0 Å². The topological polar surface area (TPSA) is 78.9 Å². The summed E-state index contributed by atoms with van der Waals surface area (Å²) >= 11 is 0. The van der Waals surface area contributed by atoms with Crippen LogP contribution in [-0.2, 0) is 4.79 Å². The van der Waals surface area contributed by atoms with Gasteiger partial charge in [-0.2, -0.15) is 0 Å². The molecule has 0 unspecified atom stereocenters. The van der Waals surface area contributed by atoms with Crippen LogP contribution in [0.2, 0.25) is 0 Å². The molecule has 1 aliphatic rings. The summed E-state index contributed by atoms with van der Waals surface area (Å²) in [5, 5.41) is 11.5. The minimum absolute atomic E-state index is 0.146. The smallest absolute Gasteiger partial charge is 0.244 e. The van der Waals surface area contributed by atoms with Gasteiger partial charge >= 0.3 is 0 Å². The van der Waals surface area contributed by atoms with E-state index in [2.05, 4.69) is 5.16 Å². The SMILES string of the molecule is C/C(=N\O)N1CCCC[C@H](N)C1=O. The van der Waals surface area contributed by atoms with Gasteiger partial charge in [-0.15, -0.1) is 0 Å². The molecule has 0 aliphatic carbocycles. The number of carbonyl (C=O) groups excluding carboxylic acids is 1. The molecule has 3 N–H and O–H groups in total. The van der Waals surface area contributed by atoms with Crippen molar-refractivity contribution in [3.8, 4) is 0 Å². The molecule has 1 rings (SSSR count). The largest absolute Gasteiger partial charge is 0.409 e. The van der Waals surface area contributed by atoms with Gasteiger partial charge in [0, 0.05) is 6.54 Å². The van der Waals surface area contributed by atoms with E-state index >= 15 is 0 Å². The van der Waals surface area contributed by atoms with Crippen LogP contribution < -0.4 is 5.73 Å². The Bertz CT molecular complexity index is 227. The summed E-state index contributed by atoms with van der Waals surface area (Å²) in [7, 11) is 0. The molecule has 0 aromatic rings. The molecule has 13 heavy (non-hydrogen) atoms.